The zero-order valence-electron chi connectivity index (χ0n) is 9.08. The average Bonchev–Trinajstić information content (AvgIpc) is 2.56. The van der Waals surface area contributed by atoms with E-state index in [9.17, 15) is 0 Å². The Morgan fingerprint density at radius 3 is 2.87 bits per heavy atom. The van der Waals surface area contributed by atoms with Gasteiger partial charge in [0.15, 0.2) is 0 Å². The van der Waals surface area contributed by atoms with Crippen LogP contribution in [0.25, 0.3) is 10.9 Å². The highest BCUT2D eigenvalue weighted by molar-refractivity contribution is 7.99. The first-order valence-corrected chi connectivity index (χ1v) is 6.19. The molecule has 0 saturated carbocycles. The van der Waals surface area contributed by atoms with Crippen LogP contribution in [0, 0.1) is 0 Å². The van der Waals surface area contributed by atoms with E-state index in [1.807, 2.05) is 23.9 Å². The molecule has 80 valence electrons. The zero-order chi connectivity index (χ0) is 10.8. The molecule has 1 aromatic heterocycles. The molecule has 0 amide bonds. The Morgan fingerprint density at radius 2 is 2.13 bits per heavy atom. The second kappa shape index (κ2) is 4.19. The van der Waals surface area contributed by atoms with Crippen LogP contribution < -0.4 is 5.73 Å². The van der Waals surface area contributed by atoms with Crippen molar-refractivity contribution >= 4 is 28.4 Å². The topological polar surface area (TPSA) is 41.8 Å². The fraction of sp³-hybridized carbons (Fsp3) is 0.333. The molecule has 0 aliphatic carbocycles. The van der Waals surface area contributed by atoms with Gasteiger partial charge in [0.25, 0.3) is 0 Å². The Balaban J connectivity index is 2.23. The van der Waals surface area contributed by atoms with E-state index in [0.29, 0.717) is 5.25 Å². The number of fused-ring (bicyclic) bond motifs is 1. The van der Waals surface area contributed by atoms with Gasteiger partial charge in [-0.2, -0.15) is 11.8 Å². The van der Waals surface area contributed by atoms with E-state index in [1.54, 1.807) is 0 Å². The normalized spacial score (nSPS) is 11.4. The van der Waals surface area contributed by atoms with Crippen LogP contribution in [-0.2, 0) is 5.75 Å². The van der Waals surface area contributed by atoms with E-state index in [1.165, 1.54) is 11.1 Å². The number of rotatable bonds is 3. The van der Waals surface area contributed by atoms with E-state index in [2.05, 4.69) is 31.0 Å². The summed E-state index contributed by atoms with van der Waals surface area (Å²) >= 11 is 1.94. The summed E-state index contributed by atoms with van der Waals surface area (Å²) in [6.07, 6.45) is 0. The minimum absolute atomic E-state index is 0.668. The van der Waals surface area contributed by atoms with Crippen molar-refractivity contribution in [2.75, 3.05) is 5.73 Å². The maximum absolute atomic E-state index is 5.73. The number of aromatic amines is 1. The second-order valence-electron chi connectivity index (χ2n) is 4.00. The molecule has 0 radical (unpaired) electrons. The Morgan fingerprint density at radius 1 is 1.33 bits per heavy atom. The van der Waals surface area contributed by atoms with Gasteiger partial charge in [0, 0.05) is 22.7 Å². The number of nitrogen functional groups attached to an aromatic ring is 1. The lowest BCUT2D eigenvalue weighted by molar-refractivity contribution is 1.10. The third-order valence-electron chi connectivity index (χ3n) is 2.27. The number of aromatic nitrogens is 1. The second-order valence-corrected chi connectivity index (χ2v) is 5.57. The predicted molar refractivity (Wildman–Crippen MR) is 69.1 cm³/mol. The fourth-order valence-electron chi connectivity index (χ4n) is 1.54. The highest BCUT2D eigenvalue weighted by Crippen LogP contribution is 2.22. The van der Waals surface area contributed by atoms with E-state index >= 15 is 0 Å². The molecule has 3 heteroatoms. The summed E-state index contributed by atoms with van der Waals surface area (Å²) in [6, 6.07) is 8.18. The smallest absolute Gasteiger partial charge is 0.0476 e. The Bertz CT molecular complexity index is 460. The number of H-pyrrole nitrogens is 1. The van der Waals surface area contributed by atoms with Gasteiger partial charge in [-0.15, -0.1) is 0 Å². The average molecular weight is 220 g/mol. The molecule has 1 aromatic carbocycles. The van der Waals surface area contributed by atoms with Gasteiger partial charge in [0.1, 0.15) is 0 Å². The molecular formula is C12H16N2S. The van der Waals surface area contributed by atoms with Crippen LogP contribution in [-0.4, -0.2) is 10.2 Å². The van der Waals surface area contributed by atoms with Crippen LogP contribution in [0.4, 0.5) is 5.69 Å². The van der Waals surface area contributed by atoms with E-state index in [4.69, 9.17) is 5.73 Å². The Labute approximate surface area is 94.2 Å². The summed E-state index contributed by atoms with van der Waals surface area (Å²) in [5.74, 6) is 1.03. The van der Waals surface area contributed by atoms with Crippen molar-refractivity contribution in [2.45, 2.75) is 24.9 Å². The molecular weight excluding hydrogens is 204 g/mol. The quantitative estimate of drug-likeness (QED) is 0.778. The summed E-state index contributed by atoms with van der Waals surface area (Å²) in [7, 11) is 0. The number of hydrogen-bond donors (Lipinski definition) is 2. The Hall–Kier alpha value is -1.09. The van der Waals surface area contributed by atoms with Crippen LogP contribution >= 0.6 is 11.8 Å². The van der Waals surface area contributed by atoms with Crippen molar-refractivity contribution in [1.82, 2.24) is 4.98 Å². The lowest BCUT2D eigenvalue weighted by Crippen LogP contribution is -1.88. The van der Waals surface area contributed by atoms with Gasteiger partial charge in [-0.1, -0.05) is 19.9 Å². The molecule has 2 aromatic rings. The molecule has 0 bridgehead atoms. The summed E-state index contributed by atoms with van der Waals surface area (Å²) in [5, 5.41) is 1.91. The lowest BCUT2D eigenvalue weighted by Gasteiger charge is -2.01. The van der Waals surface area contributed by atoms with Crippen molar-refractivity contribution in [3.63, 3.8) is 0 Å². The first-order valence-electron chi connectivity index (χ1n) is 5.14. The summed E-state index contributed by atoms with van der Waals surface area (Å²) in [5.41, 5.74) is 8.95. The monoisotopic (exact) mass is 220 g/mol. The molecule has 0 unspecified atom stereocenters. The molecule has 0 fully saturated rings. The number of benzene rings is 1. The maximum atomic E-state index is 5.73. The summed E-state index contributed by atoms with van der Waals surface area (Å²) < 4.78 is 0. The molecule has 1 heterocycles. The van der Waals surface area contributed by atoms with Crippen LogP contribution in [0.2, 0.25) is 0 Å². The minimum Gasteiger partial charge on any atom is -0.399 e. The van der Waals surface area contributed by atoms with Crippen LogP contribution in [0.1, 0.15) is 19.5 Å². The van der Waals surface area contributed by atoms with Gasteiger partial charge in [-0.25, -0.2) is 0 Å². The largest absolute Gasteiger partial charge is 0.399 e. The number of nitrogens with one attached hydrogen (secondary N) is 1. The van der Waals surface area contributed by atoms with Gasteiger partial charge in [0.05, 0.1) is 0 Å². The van der Waals surface area contributed by atoms with Gasteiger partial charge < -0.3 is 10.7 Å². The molecule has 3 N–H and O–H groups in total. The number of nitrogens with two attached hydrogens (primary N) is 1. The highest BCUT2D eigenvalue weighted by Gasteiger charge is 2.02. The predicted octanol–water partition coefficient (Wildman–Crippen LogP) is 3.39. The molecule has 0 spiro atoms. The van der Waals surface area contributed by atoms with Crippen molar-refractivity contribution in [2.24, 2.45) is 0 Å². The number of anilines is 1. The van der Waals surface area contributed by atoms with E-state index in [0.717, 1.165) is 17.0 Å². The van der Waals surface area contributed by atoms with E-state index in [-0.39, 0.29) is 0 Å². The minimum atomic E-state index is 0.668. The first-order chi connectivity index (χ1) is 7.15. The highest BCUT2D eigenvalue weighted by atomic mass is 32.2. The van der Waals surface area contributed by atoms with Crippen molar-refractivity contribution < 1.29 is 0 Å². The Kier molecular flexibility index (Phi) is 2.91. The van der Waals surface area contributed by atoms with E-state index < -0.39 is 0 Å². The van der Waals surface area contributed by atoms with Crippen LogP contribution in [0.5, 0.6) is 0 Å². The third-order valence-corrected chi connectivity index (χ3v) is 3.42. The van der Waals surface area contributed by atoms with Gasteiger partial charge in [-0.3, -0.25) is 0 Å². The molecule has 15 heavy (non-hydrogen) atoms. The van der Waals surface area contributed by atoms with Crippen molar-refractivity contribution in [1.29, 1.82) is 0 Å². The zero-order valence-corrected chi connectivity index (χ0v) is 9.90. The van der Waals surface area contributed by atoms with Gasteiger partial charge >= 0.3 is 0 Å². The van der Waals surface area contributed by atoms with Crippen LogP contribution in [0.3, 0.4) is 0 Å². The van der Waals surface area contributed by atoms with Gasteiger partial charge in [-0.05, 0) is 28.8 Å². The number of thioether (sulfide) groups is 1. The molecule has 0 saturated heterocycles. The lowest BCUT2D eigenvalue weighted by atomic mass is 10.2. The van der Waals surface area contributed by atoms with Crippen molar-refractivity contribution in [3.8, 4) is 0 Å². The number of hydrogen-bond acceptors (Lipinski definition) is 2. The molecule has 0 aliphatic heterocycles. The van der Waals surface area contributed by atoms with Crippen molar-refractivity contribution in [3.05, 3.63) is 30.0 Å². The third kappa shape index (κ3) is 2.48. The maximum Gasteiger partial charge on any atom is 0.0476 e. The molecule has 0 atom stereocenters. The molecule has 0 aliphatic rings. The van der Waals surface area contributed by atoms with Gasteiger partial charge in [0.2, 0.25) is 0 Å². The standard InChI is InChI=1S/C12H16N2S/c1-8(2)15-7-11-5-9-3-4-10(13)6-12(9)14-11/h3-6,8,14H,7,13H2,1-2H3. The first kappa shape index (κ1) is 10.4. The fourth-order valence-corrected chi connectivity index (χ4v) is 2.21. The molecule has 2 nitrogen and oxygen atoms in total. The summed E-state index contributed by atoms with van der Waals surface area (Å²) in [6.45, 7) is 4.43. The molecule has 2 rings (SSSR count). The van der Waals surface area contributed by atoms with Crippen LogP contribution in [0.15, 0.2) is 24.3 Å². The SMILES string of the molecule is CC(C)SCc1cc2ccc(N)cc2[nH]1. The summed E-state index contributed by atoms with van der Waals surface area (Å²) in [4.78, 5) is 3.39.